The van der Waals surface area contributed by atoms with E-state index in [0.29, 0.717) is 0 Å². The standard InChI is InChI=1S/C8H12O3S/c1-3-4-5-6-7-8(2)12(9,10)11/h4-7H,2-3H2,1H3,(H,9,10,11). The number of hydrogen-bond donors (Lipinski definition) is 1. The summed E-state index contributed by atoms with van der Waals surface area (Å²) in [7, 11) is -4.11. The molecule has 0 aliphatic heterocycles. The van der Waals surface area contributed by atoms with E-state index < -0.39 is 10.1 Å². The fourth-order valence-corrected chi connectivity index (χ4v) is 0.714. The summed E-state index contributed by atoms with van der Waals surface area (Å²) in [4.78, 5) is -0.303. The van der Waals surface area contributed by atoms with Crippen LogP contribution < -0.4 is 0 Å². The third kappa shape index (κ3) is 4.87. The molecular weight excluding hydrogens is 176 g/mol. The van der Waals surface area contributed by atoms with Gasteiger partial charge in [0.15, 0.2) is 0 Å². The molecule has 0 bridgehead atoms. The summed E-state index contributed by atoms with van der Waals surface area (Å²) in [6, 6.07) is 0. The molecule has 0 heterocycles. The Hall–Kier alpha value is -0.870. The van der Waals surface area contributed by atoms with Crippen LogP contribution in [-0.2, 0) is 10.1 Å². The molecule has 3 nitrogen and oxygen atoms in total. The van der Waals surface area contributed by atoms with E-state index >= 15 is 0 Å². The largest absolute Gasteiger partial charge is 0.293 e. The van der Waals surface area contributed by atoms with Gasteiger partial charge in [-0.3, -0.25) is 4.55 Å². The van der Waals surface area contributed by atoms with Crippen molar-refractivity contribution in [2.24, 2.45) is 0 Å². The lowest BCUT2D eigenvalue weighted by molar-refractivity contribution is 0.492. The smallest absolute Gasteiger partial charge is 0.282 e. The van der Waals surface area contributed by atoms with Crippen molar-refractivity contribution in [3.05, 3.63) is 35.8 Å². The van der Waals surface area contributed by atoms with Crippen molar-refractivity contribution >= 4 is 10.1 Å². The van der Waals surface area contributed by atoms with E-state index in [1.807, 2.05) is 13.0 Å². The molecule has 1 N–H and O–H groups in total. The highest BCUT2D eigenvalue weighted by Gasteiger charge is 2.04. The minimum Gasteiger partial charge on any atom is -0.282 e. The van der Waals surface area contributed by atoms with Crippen LogP contribution in [0.5, 0.6) is 0 Å². The maximum atomic E-state index is 10.4. The van der Waals surface area contributed by atoms with Gasteiger partial charge in [-0.05, 0) is 12.5 Å². The average Bonchev–Trinajstić information content (AvgIpc) is 1.96. The van der Waals surface area contributed by atoms with Crippen molar-refractivity contribution in [3.8, 4) is 0 Å². The summed E-state index contributed by atoms with van der Waals surface area (Å²) in [5, 5.41) is 0. The molecule has 0 spiro atoms. The topological polar surface area (TPSA) is 54.4 Å². The second-order valence-electron chi connectivity index (χ2n) is 2.14. The lowest BCUT2D eigenvalue weighted by Crippen LogP contribution is -1.96. The first-order chi connectivity index (χ1) is 5.48. The third-order valence-corrected chi connectivity index (χ3v) is 1.90. The van der Waals surface area contributed by atoms with Crippen LogP contribution in [0, 0.1) is 0 Å². The predicted octanol–water partition coefficient (Wildman–Crippen LogP) is 1.91. The van der Waals surface area contributed by atoms with Crippen molar-refractivity contribution in [1.82, 2.24) is 0 Å². The molecule has 0 aromatic carbocycles. The zero-order chi connectivity index (χ0) is 9.61. The molecule has 0 aromatic rings. The molecule has 0 aliphatic rings. The number of hydrogen-bond acceptors (Lipinski definition) is 2. The summed E-state index contributed by atoms with van der Waals surface area (Å²) in [6.45, 7) is 5.13. The van der Waals surface area contributed by atoms with Crippen LogP contribution in [0.1, 0.15) is 13.3 Å². The van der Waals surface area contributed by atoms with Gasteiger partial charge in [0, 0.05) is 0 Å². The van der Waals surface area contributed by atoms with Crippen molar-refractivity contribution in [2.45, 2.75) is 13.3 Å². The highest BCUT2D eigenvalue weighted by Crippen LogP contribution is 2.01. The van der Waals surface area contributed by atoms with Gasteiger partial charge in [-0.2, -0.15) is 8.42 Å². The number of allylic oxidation sites excluding steroid dienone is 4. The monoisotopic (exact) mass is 188 g/mol. The highest BCUT2D eigenvalue weighted by molar-refractivity contribution is 7.90. The first-order valence-corrected chi connectivity index (χ1v) is 4.92. The second-order valence-corrected chi connectivity index (χ2v) is 3.61. The SMILES string of the molecule is C=C(C=CC=CCC)S(=O)(=O)O. The van der Waals surface area contributed by atoms with Gasteiger partial charge >= 0.3 is 0 Å². The van der Waals surface area contributed by atoms with Crippen molar-refractivity contribution in [1.29, 1.82) is 0 Å². The van der Waals surface area contributed by atoms with Crippen LogP contribution in [-0.4, -0.2) is 13.0 Å². The molecule has 68 valence electrons. The van der Waals surface area contributed by atoms with Gasteiger partial charge in [-0.1, -0.05) is 31.7 Å². The fraction of sp³-hybridized carbons (Fsp3) is 0.250. The molecule has 0 unspecified atom stereocenters. The van der Waals surface area contributed by atoms with Gasteiger partial charge < -0.3 is 0 Å². The molecule has 0 fully saturated rings. The average molecular weight is 188 g/mol. The summed E-state index contributed by atoms with van der Waals surface area (Å²) in [5.74, 6) is 0. The summed E-state index contributed by atoms with van der Waals surface area (Å²) < 4.78 is 29.2. The molecule has 0 saturated carbocycles. The summed E-state index contributed by atoms with van der Waals surface area (Å²) in [5.41, 5.74) is 0. The summed E-state index contributed by atoms with van der Waals surface area (Å²) >= 11 is 0. The molecule has 12 heavy (non-hydrogen) atoms. The van der Waals surface area contributed by atoms with Gasteiger partial charge in [-0.15, -0.1) is 0 Å². The quantitative estimate of drug-likeness (QED) is 0.541. The Bertz CT molecular complexity index is 296. The van der Waals surface area contributed by atoms with Crippen LogP contribution in [0.25, 0.3) is 0 Å². The van der Waals surface area contributed by atoms with Gasteiger partial charge in [0.25, 0.3) is 10.1 Å². The number of rotatable bonds is 4. The van der Waals surface area contributed by atoms with E-state index in [4.69, 9.17) is 4.55 Å². The molecule has 0 atom stereocenters. The molecule has 4 heteroatoms. The second kappa shape index (κ2) is 4.90. The normalized spacial score (nSPS) is 12.8. The van der Waals surface area contributed by atoms with Gasteiger partial charge in [0.2, 0.25) is 0 Å². The Kier molecular flexibility index (Phi) is 4.54. The Morgan fingerprint density at radius 1 is 1.50 bits per heavy atom. The van der Waals surface area contributed by atoms with Crippen LogP contribution in [0.3, 0.4) is 0 Å². The highest BCUT2D eigenvalue weighted by atomic mass is 32.2. The maximum absolute atomic E-state index is 10.4. The van der Waals surface area contributed by atoms with Crippen molar-refractivity contribution in [2.75, 3.05) is 0 Å². The van der Waals surface area contributed by atoms with E-state index in [1.54, 1.807) is 6.08 Å². The maximum Gasteiger partial charge on any atom is 0.293 e. The third-order valence-electron chi connectivity index (χ3n) is 1.10. The Balaban J connectivity index is 4.21. The van der Waals surface area contributed by atoms with E-state index in [1.165, 1.54) is 12.2 Å². The van der Waals surface area contributed by atoms with Crippen molar-refractivity contribution in [3.63, 3.8) is 0 Å². The fourth-order valence-electron chi connectivity index (χ4n) is 0.464. The minimum absolute atomic E-state index is 0.303. The predicted molar refractivity (Wildman–Crippen MR) is 49.3 cm³/mol. The first-order valence-electron chi connectivity index (χ1n) is 3.48. The zero-order valence-corrected chi connectivity index (χ0v) is 7.71. The van der Waals surface area contributed by atoms with Crippen LogP contribution in [0.2, 0.25) is 0 Å². The summed E-state index contributed by atoms with van der Waals surface area (Å²) in [6.07, 6.45) is 7.17. The van der Waals surface area contributed by atoms with Gasteiger partial charge in [0.05, 0.1) is 4.91 Å². The molecule has 0 aliphatic carbocycles. The molecule has 0 radical (unpaired) electrons. The van der Waals surface area contributed by atoms with Crippen LogP contribution in [0.4, 0.5) is 0 Å². The van der Waals surface area contributed by atoms with E-state index in [2.05, 4.69) is 6.58 Å². The van der Waals surface area contributed by atoms with Crippen LogP contribution >= 0.6 is 0 Å². The lowest BCUT2D eigenvalue weighted by Gasteiger charge is -1.90. The van der Waals surface area contributed by atoms with E-state index in [9.17, 15) is 8.42 Å². The molecule has 0 rings (SSSR count). The van der Waals surface area contributed by atoms with Crippen molar-refractivity contribution < 1.29 is 13.0 Å². The van der Waals surface area contributed by atoms with E-state index in [-0.39, 0.29) is 4.91 Å². The Labute approximate surface area is 72.9 Å². The van der Waals surface area contributed by atoms with Crippen LogP contribution in [0.15, 0.2) is 35.8 Å². The zero-order valence-electron chi connectivity index (χ0n) is 6.90. The van der Waals surface area contributed by atoms with Gasteiger partial charge in [0.1, 0.15) is 0 Å². The Morgan fingerprint density at radius 3 is 2.50 bits per heavy atom. The molecule has 0 amide bonds. The molecule has 0 saturated heterocycles. The minimum atomic E-state index is -4.11. The Morgan fingerprint density at radius 2 is 2.08 bits per heavy atom. The lowest BCUT2D eigenvalue weighted by atomic mass is 10.4. The van der Waals surface area contributed by atoms with E-state index in [0.717, 1.165) is 6.42 Å². The van der Waals surface area contributed by atoms with Gasteiger partial charge in [-0.25, -0.2) is 0 Å². The first kappa shape index (κ1) is 11.1. The molecule has 0 aromatic heterocycles. The molecular formula is C8H12O3S.